The van der Waals surface area contributed by atoms with Crippen molar-refractivity contribution in [3.05, 3.63) is 29.7 Å². The minimum atomic E-state index is -0.591. The smallest absolute Gasteiger partial charge is 0.361 e. The van der Waals surface area contributed by atoms with Crippen molar-refractivity contribution in [1.82, 2.24) is 15.4 Å². The fourth-order valence-electron chi connectivity index (χ4n) is 1.78. The van der Waals surface area contributed by atoms with Crippen molar-refractivity contribution >= 4 is 5.97 Å². The number of hydrogen-bond acceptors (Lipinski definition) is 5. The third kappa shape index (κ3) is 3.36. The number of nitrogens with one attached hydrogen (secondary N) is 1. The third-order valence-corrected chi connectivity index (χ3v) is 2.68. The van der Waals surface area contributed by atoms with Crippen LogP contribution in [-0.4, -0.2) is 34.6 Å². The lowest BCUT2D eigenvalue weighted by molar-refractivity contribution is 0.0520. The molecule has 1 N–H and O–H groups in total. The molecule has 0 radical (unpaired) electrons. The Labute approximate surface area is 121 Å². The number of ether oxygens (including phenoxy) is 2. The van der Waals surface area contributed by atoms with Crippen LogP contribution in [0.4, 0.5) is 4.39 Å². The Balaban J connectivity index is 2.42. The summed E-state index contributed by atoms with van der Waals surface area (Å²) in [6, 6.07) is 4.03. The van der Waals surface area contributed by atoms with Crippen molar-refractivity contribution in [2.75, 3.05) is 13.2 Å². The molecule has 2 rings (SSSR count). The molecule has 1 aromatic heterocycles. The SMILES string of the molecule is CCCOc1cc(F)ccc1-c1n[nH]nc1C(=O)OCC. The van der Waals surface area contributed by atoms with Crippen LogP contribution in [0.2, 0.25) is 0 Å². The molecular formula is C14H16FN3O3. The molecule has 0 aliphatic heterocycles. The van der Waals surface area contributed by atoms with Crippen LogP contribution in [-0.2, 0) is 4.74 Å². The summed E-state index contributed by atoms with van der Waals surface area (Å²) in [5.74, 6) is -0.700. The highest BCUT2D eigenvalue weighted by Crippen LogP contribution is 2.31. The summed E-state index contributed by atoms with van der Waals surface area (Å²) < 4.78 is 23.8. The fraction of sp³-hybridized carbons (Fsp3) is 0.357. The van der Waals surface area contributed by atoms with E-state index in [2.05, 4.69) is 15.4 Å². The molecule has 0 unspecified atom stereocenters. The van der Waals surface area contributed by atoms with E-state index in [1.54, 1.807) is 6.92 Å². The van der Waals surface area contributed by atoms with Gasteiger partial charge >= 0.3 is 5.97 Å². The summed E-state index contributed by atoms with van der Waals surface area (Å²) in [5, 5.41) is 10.1. The highest BCUT2D eigenvalue weighted by atomic mass is 19.1. The summed E-state index contributed by atoms with van der Waals surface area (Å²) >= 11 is 0. The molecule has 6 nitrogen and oxygen atoms in total. The number of nitrogens with zero attached hydrogens (tertiary/aromatic N) is 2. The van der Waals surface area contributed by atoms with E-state index >= 15 is 0 Å². The average molecular weight is 293 g/mol. The van der Waals surface area contributed by atoms with Crippen LogP contribution in [0, 0.1) is 5.82 Å². The van der Waals surface area contributed by atoms with Gasteiger partial charge in [-0.15, -0.1) is 5.10 Å². The largest absolute Gasteiger partial charge is 0.493 e. The lowest BCUT2D eigenvalue weighted by atomic mass is 10.1. The molecule has 0 amide bonds. The van der Waals surface area contributed by atoms with Crippen LogP contribution in [0.15, 0.2) is 18.2 Å². The van der Waals surface area contributed by atoms with Crippen molar-refractivity contribution in [1.29, 1.82) is 0 Å². The Morgan fingerprint density at radius 2 is 2.14 bits per heavy atom. The Morgan fingerprint density at radius 1 is 1.33 bits per heavy atom. The molecule has 21 heavy (non-hydrogen) atoms. The maximum Gasteiger partial charge on any atom is 0.361 e. The standard InChI is InChI=1S/C14H16FN3O3/c1-3-7-21-11-8-9(15)5-6-10(11)12-13(17-18-16-12)14(19)20-4-2/h5-6,8H,3-4,7H2,1-2H3,(H,16,17,18). The lowest BCUT2D eigenvalue weighted by Crippen LogP contribution is -2.07. The van der Waals surface area contributed by atoms with E-state index in [0.717, 1.165) is 6.42 Å². The zero-order valence-electron chi connectivity index (χ0n) is 11.9. The van der Waals surface area contributed by atoms with Crippen LogP contribution in [0.25, 0.3) is 11.3 Å². The normalized spacial score (nSPS) is 10.4. The zero-order valence-corrected chi connectivity index (χ0v) is 11.9. The maximum absolute atomic E-state index is 13.4. The van der Waals surface area contributed by atoms with Gasteiger partial charge in [-0.05, 0) is 25.5 Å². The molecule has 0 aliphatic carbocycles. The van der Waals surface area contributed by atoms with Gasteiger partial charge in [0.1, 0.15) is 17.3 Å². The lowest BCUT2D eigenvalue weighted by Gasteiger charge is -2.10. The van der Waals surface area contributed by atoms with Gasteiger partial charge in [0.25, 0.3) is 0 Å². The van der Waals surface area contributed by atoms with Crippen LogP contribution >= 0.6 is 0 Å². The summed E-state index contributed by atoms with van der Waals surface area (Å²) in [6.07, 6.45) is 0.777. The second kappa shape index (κ2) is 6.83. The molecule has 1 aromatic carbocycles. The molecule has 7 heteroatoms. The number of H-pyrrole nitrogens is 1. The summed E-state index contributed by atoms with van der Waals surface area (Å²) in [4.78, 5) is 11.8. The predicted octanol–water partition coefficient (Wildman–Crippen LogP) is 2.58. The van der Waals surface area contributed by atoms with Gasteiger partial charge in [-0.25, -0.2) is 9.18 Å². The van der Waals surface area contributed by atoms with Crippen molar-refractivity contribution in [2.24, 2.45) is 0 Å². The molecule has 0 spiro atoms. The number of carbonyl (C=O) groups is 1. The van der Waals surface area contributed by atoms with E-state index in [4.69, 9.17) is 9.47 Å². The second-order valence-electron chi connectivity index (χ2n) is 4.23. The first-order valence-electron chi connectivity index (χ1n) is 6.68. The van der Waals surface area contributed by atoms with Crippen molar-refractivity contribution in [2.45, 2.75) is 20.3 Å². The summed E-state index contributed by atoms with van der Waals surface area (Å²) in [6.45, 7) is 4.31. The van der Waals surface area contributed by atoms with Gasteiger partial charge in [-0.3, -0.25) is 0 Å². The minimum Gasteiger partial charge on any atom is -0.493 e. The van der Waals surface area contributed by atoms with Gasteiger partial charge < -0.3 is 9.47 Å². The third-order valence-electron chi connectivity index (χ3n) is 2.68. The monoisotopic (exact) mass is 293 g/mol. The quantitative estimate of drug-likeness (QED) is 0.828. The predicted molar refractivity (Wildman–Crippen MR) is 73.5 cm³/mol. The number of esters is 1. The first-order valence-corrected chi connectivity index (χ1v) is 6.68. The summed E-state index contributed by atoms with van der Waals surface area (Å²) in [7, 11) is 0. The average Bonchev–Trinajstić information content (AvgIpc) is 2.94. The summed E-state index contributed by atoms with van der Waals surface area (Å²) in [5.41, 5.74) is 0.811. The molecule has 0 fully saturated rings. The molecule has 2 aromatic rings. The topological polar surface area (TPSA) is 77.1 Å². The van der Waals surface area contributed by atoms with Crippen LogP contribution in [0.3, 0.4) is 0 Å². The maximum atomic E-state index is 13.4. The fourth-order valence-corrected chi connectivity index (χ4v) is 1.78. The van der Waals surface area contributed by atoms with Crippen LogP contribution < -0.4 is 4.74 Å². The van der Waals surface area contributed by atoms with Gasteiger partial charge in [0.15, 0.2) is 5.69 Å². The minimum absolute atomic E-state index is 0.0461. The van der Waals surface area contributed by atoms with Crippen LogP contribution in [0.1, 0.15) is 30.8 Å². The number of carbonyl (C=O) groups excluding carboxylic acids is 1. The number of aromatic amines is 1. The first kappa shape index (κ1) is 15.0. The molecule has 0 aliphatic rings. The Bertz CT molecular complexity index is 628. The zero-order chi connectivity index (χ0) is 15.2. The first-order chi connectivity index (χ1) is 10.2. The van der Waals surface area contributed by atoms with Crippen LogP contribution in [0.5, 0.6) is 5.75 Å². The van der Waals surface area contributed by atoms with Crippen molar-refractivity contribution in [3.63, 3.8) is 0 Å². The highest BCUT2D eigenvalue weighted by molar-refractivity contribution is 5.94. The number of aromatic nitrogens is 3. The number of hydrogen-bond donors (Lipinski definition) is 1. The van der Waals surface area contributed by atoms with Gasteiger partial charge in [0.2, 0.25) is 0 Å². The Kier molecular flexibility index (Phi) is 4.86. The molecule has 0 saturated carbocycles. The Hall–Kier alpha value is -2.44. The second-order valence-corrected chi connectivity index (χ2v) is 4.23. The van der Waals surface area contributed by atoms with Gasteiger partial charge in [0.05, 0.1) is 13.2 Å². The molecular weight excluding hydrogens is 277 g/mol. The molecule has 0 atom stereocenters. The highest BCUT2D eigenvalue weighted by Gasteiger charge is 2.22. The molecule has 0 saturated heterocycles. The number of halogens is 1. The van der Waals surface area contributed by atoms with E-state index in [-0.39, 0.29) is 18.0 Å². The van der Waals surface area contributed by atoms with Crippen molar-refractivity contribution in [3.8, 4) is 17.0 Å². The van der Waals surface area contributed by atoms with Gasteiger partial charge in [-0.1, -0.05) is 6.92 Å². The Morgan fingerprint density at radius 3 is 2.86 bits per heavy atom. The van der Waals surface area contributed by atoms with E-state index in [1.165, 1.54) is 18.2 Å². The van der Waals surface area contributed by atoms with E-state index < -0.39 is 11.8 Å². The number of rotatable bonds is 6. The van der Waals surface area contributed by atoms with Gasteiger partial charge in [-0.2, -0.15) is 10.3 Å². The molecule has 1 heterocycles. The van der Waals surface area contributed by atoms with E-state index in [1.807, 2.05) is 6.92 Å². The van der Waals surface area contributed by atoms with Gasteiger partial charge in [0, 0.05) is 11.6 Å². The molecule has 0 bridgehead atoms. The van der Waals surface area contributed by atoms with E-state index in [9.17, 15) is 9.18 Å². The van der Waals surface area contributed by atoms with Crippen molar-refractivity contribution < 1.29 is 18.7 Å². The van der Waals surface area contributed by atoms with E-state index in [0.29, 0.717) is 17.9 Å². The molecule has 112 valence electrons. The number of benzene rings is 1.